The van der Waals surface area contributed by atoms with Crippen LogP contribution >= 0.6 is 0 Å². The molecule has 0 aromatic heterocycles. The Kier molecular flexibility index (Phi) is 5.65. The average Bonchev–Trinajstić information content (AvgIpc) is 2.73. The second-order valence-corrected chi connectivity index (χ2v) is 7.69. The molecule has 3 rings (SSSR count). The Morgan fingerprint density at radius 1 is 0.778 bits per heavy atom. The second kappa shape index (κ2) is 7.66. The molecule has 0 unspecified atom stereocenters. The fraction of sp³-hybridized carbons (Fsp3) is 0.333. The van der Waals surface area contributed by atoms with Crippen LogP contribution in [0.1, 0.15) is 16.7 Å². The molecule has 0 saturated carbocycles. The van der Waals surface area contributed by atoms with Crippen molar-refractivity contribution in [2.24, 2.45) is 0 Å². The van der Waals surface area contributed by atoms with Crippen molar-refractivity contribution in [1.29, 1.82) is 0 Å². The van der Waals surface area contributed by atoms with Crippen molar-refractivity contribution >= 4 is 10.8 Å². The third-order valence-corrected chi connectivity index (χ3v) is 6.41. The van der Waals surface area contributed by atoms with Crippen LogP contribution in [0.5, 0.6) is 0 Å². The van der Waals surface area contributed by atoms with Gasteiger partial charge < -0.3 is 18.9 Å². The lowest BCUT2D eigenvalue weighted by Gasteiger charge is -2.43. The number of methoxy groups -OCH3 is 4. The van der Waals surface area contributed by atoms with Gasteiger partial charge in [0.25, 0.3) is 0 Å². The van der Waals surface area contributed by atoms with Gasteiger partial charge in [-0.1, -0.05) is 42.0 Å². The summed E-state index contributed by atoms with van der Waals surface area (Å²) in [5.74, 6) is -2.50. The molecule has 27 heavy (non-hydrogen) atoms. The molecule has 0 spiro atoms. The monoisotopic (exact) mass is 388 g/mol. The largest absolute Gasteiger partial charge is 0.346 e. The van der Waals surface area contributed by atoms with Crippen molar-refractivity contribution in [2.75, 3.05) is 28.4 Å². The van der Waals surface area contributed by atoms with Crippen LogP contribution in [-0.4, -0.2) is 32.6 Å². The van der Waals surface area contributed by atoms with Crippen molar-refractivity contribution in [3.05, 3.63) is 76.2 Å². The van der Waals surface area contributed by atoms with Gasteiger partial charge in [0, 0.05) is 44.5 Å². The Hall–Kier alpha value is -1.83. The summed E-state index contributed by atoms with van der Waals surface area (Å²) in [7, 11) is 4.62. The number of hydrogen-bond acceptors (Lipinski definition) is 5. The molecule has 0 radical (unpaired) electrons. The van der Waals surface area contributed by atoms with E-state index in [1.54, 1.807) is 20.3 Å². The van der Waals surface area contributed by atoms with E-state index in [2.05, 4.69) is 0 Å². The van der Waals surface area contributed by atoms with Gasteiger partial charge in [0.2, 0.25) is 11.6 Å². The van der Waals surface area contributed by atoms with Crippen LogP contribution in [0.15, 0.2) is 64.4 Å². The van der Waals surface area contributed by atoms with E-state index in [0.717, 1.165) is 11.1 Å². The number of hydrogen-bond donors (Lipinski definition) is 0. The minimum Gasteiger partial charge on any atom is -0.346 e. The lowest BCUT2D eigenvalue weighted by molar-refractivity contribution is -0.213. The SMILES string of the molecule is COC1(OC)C=C([S@@](=O)c2ccc(C)cc2)C(OC)(OC)c2ccccc21. The first-order valence-corrected chi connectivity index (χ1v) is 9.65. The van der Waals surface area contributed by atoms with Gasteiger partial charge in [0.05, 0.1) is 15.7 Å². The van der Waals surface area contributed by atoms with E-state index >= 15 is 0 Å². The molecular weight excluding hydrogens is 364 g/mol. The Morgan fingerprint density at radius 3 is 1.85 bits per heavy atom. The van der Waals surface area contributed by atoms with Crippen LogP contribution in [0.2, 0.25) is 0 Å². The van der Waals surface area contributed by atoms with Crippen molar-refractivity contribution in [1.82, 2.24) is 0 Å². The standard InChI is InChI=1S/C21H24O5S/c1-15-10-12-16(13-11-15)27(22)19-14-20(23-2,24-3)17-8-6-7-9-18(17)21(19,25-4)26-5/h6-14H,1-5H3/t27-/m0/s1. The fourth-order valence-corrected chi connectivity index (χ4v) is 4.86. The third-order valence-electron chi connectivity index (χ3n) is 4.92. The summed E-state index contributed by atoms with van der Waals surface area (Å²) in [6.07, 6.45) is 1.69. The van der Waals surface area contributed by atoms with Crippen molar-refractivity contribution < 1.29 is 23.2 Å². The molecule has 0 aliphatic heterocycles. The van der Waals surface area contributed by atoms with Crippen LogP contribution in [0, 0.1) is 6.92 Å². The van der Waals surface area contributed by atoms with Gasteiger partial charge >= 0.3 is 0 Å². The zero-order valence-electron chi connectivity index (χ0n) is 16.1. The van der Waals surface area contributed by atoms with Crippen LogP contribution in [0.3, 0.4) is 0 Å². The van der Waals surface area contributed by atoms with Gasteiger partial charge in [-0.25, -0.2) is 4.21 Å². The summed E-state index contributed by atoms with van der Waals surface area (Å²) in [5, 5.41) is 0. The maximum atomic E-state index is 13.5. The number of ether oxygens (including phenoxy) is 4. The molecular formula is C21H24O5S. The molecule has 0 heterocycles. The molecule has 0 amide bonds. The molecule has 2 aromatic rings. The van der Waals surface area contributed by atoms with Gasteiger partial charge in [-0.2, -0.15) is 0 Å². The van der Waals surface area contributed by atoms with Gasteiger partial charge in [0.1, 0.15) is 0 Å². The summed E-state index contributed by atoms with van der Waals surface area (Å²) < 4.78 is 36.6. The molecule has 0 N–H and O–H groups in total. The van der Waals surface area contributed by atoms with E-state index in [-0.39, 0.29) is 0 Å². The zero-order valence-corrected chi connectivity index (χ0v) is 17.0. The van der Waals surface area contributed by atoms with Gasteiger partial charge in [0.15, 0.2) is 0 Å². The minimum atomic E-state index is -1.55. The fourth-order valence-electron chi connectivity index (χ4n) is 3.44. The van der Waals surface area contributed by atoms with E-state index in [9.17, 15) is 4.21 Å². The van der Waals surface area contributed by atoms with E-state index in [1.807, 2.05) is 55.5 Å². The van der Waals surface area contributed by atoms with E-state index in [1.165, 1.54) is 14.2 Å². The highest BCUT2D eigenvalue weighted by atomic mass is 32.2. The Bertz CT molecular complexity index is 864. The zero-order chi connectivity index (χ0) is 19.7. The summed E-state index contributed by atoms with van der Waals surface area (Å²) in [5.41, 5.74) is 2.52. The molecule has 0 bridgehead atoms. The summed E-state index contributed by atoms with van der Waals surface area (Å²) in [6.45, 7) is 1.98. The summed E-state index contributed by atoms with van der Waals surface area (Å²) in [4.78, 5) is 1.06. The van der Waals surface area contributed by atoms with Crippen molar-refractivity contribution in [3.63, 3.8) is 0 Å². The molecule has 2 aromatic carbocycles. The van der Waals surface area contributed by atoms with Crippen LogP contribution in [0.25, 0.3) is 0 Å². The predicted octanol–water partition coefficient (Wildman–Crippen LogP) is 3.59. The topological polar surface area (TPSA) is 54.0 Å². The molecule has 0 fully saturated rings. The molecule has 5 nitrogen and oxygen atoms in total. The summed E-state index contributed by atoms with van der Waals surface area (Å²) >= 11 is 0. The molecule has 1 atom stereocenters. The van der Waals surface area contributed by atoms with E-state index in [4.69, 9.17) is 18.9 Å². The van der Waals surface area contributed by atoms with E-state index < -0.39 is 22.4 Å². The van der Waals surface area contributed by atoms with Crippen molar-refractivity contribution in [2.45, 2.75) is 23.4 Å². The van der Waals surface area contributed by atoms with Crippen LogP contribution < -0.4 is 0 Å². The minimum absolute atomic E-state index is 0.416. The third kappa shape index (κ3) is 3.07. The maximum absolute atomic E-state index is 13.5. The number of fused-ring (bicyclic) bond motifs is 1. The molecule has 1 aliphatic rings. The van der Waals surface area contributed by atoms with Gasteiger partial charge in [-0.3, -0.25) is 0 Å². The number of aryl methyl sites for hydroxylation is 1. The number of benzene rings is 2. The highest BCUT2D eigenvalue weighted by molar-refractivity contribution is 7.89. The van der Waals surface area contributed by atoms with Crippen molar-refractivity contribution in [3.8, 4) is 0 Å². The normalized spacial score (nSPS) is 18.5. The first-order valence-electron chi connectivity index (χ1n) is 8.50. The molecule has 1 aliphatic carbocycles. The molecule has 0 saturated heterocycles. The van der Waals surface area contributed by atoms with Crippen LogP contribution in [-0.2, 0) is 41.3 Å². The highest BCUT2D eigenvalue weighted by Crippen LogP contribution is 2.49. The first-order chi connectivity index (χ1) is 13.0. The Morgan fingerprint density at radius 2 is 1.33 bits per heavy atom. The lowest BCUT2D eigenvalue weighted by atomic mass is 9.87. The van der Waals surface area contributed by atoms with E-state index in [0.29, 0.717) is 15.4 Å². The second-order valence-electron chi connectivity index (χ2n) is 6.24. The smallest absolute Gasteiger partial charge is 0.231 e. The van der Waals surface area contributed by atoms with Gasteiger partial charge in [-0.15, -0.1) is 0 Å². The quantitative estimate of drug-likeness (QED) is 0.708. The Labute approximate surface area is 162 Å². The lowest BCUT2D eigenvalue weighted by Crippen LogP contribution is -2.45. The van der Waals surface area contributed by atoms with Gasteiger partial charge in [-0.05, 0) is 25.1 Å². The molecule has 144 valence electrons. The highest BCUT2D eigenvalue weighted by Gasteiger charge is 2.51. The summed E-state index contributed by atoms with van der Waals surface area (Å²) in [6, 6.07) is 15.0. The predicted molar refractivity (Wildman–Crippen MR) is 104 cm³/mol. The average molecular weight is 388 g/mol. The molecule has 6 heteroatoms. The first kappa shape index (κ1) is 19.9. The number of rotatable bonds is 6. The van der Waals surface area contributed by atoms with Crippen LogP contribution in [0.4, 0.5) is 0 Å². The Balaban J connectivity index is 2.28. The maximum Gasteiger partial charge on any atom is 0.231 e.